The van der Waals surface area contributed by atoms with Gasteiger partial charge in [-0.25, -0.2) is 9.78 Å². The number of hydrogen-bond donors (Lipinski definition) is 1. The van der Waals surface area contributed by atoms with Gasteiger partial charge in [-0.05, 0) is 45.1 Å². The summed E-state index contributed by atoms with van der Waals surface area (Å²) < 4.78 is 5.36. The van der Waals surface area contributed by atoms with Gasteiger partial charge in [0.05, 0.1) is 5.69 Å². The molecule has 1 fully saturated rings. The molecular weight excluding hydrogens is 382 g/mol. The normalized spacial score (nSPS) is 16.2. The zero-order chi connectivity index (χ0) is 21.0. The van der Waals surface area contributed by atoms with E-state index in [2.05, 4.69) is 53.7 Å². The van der Waals surface area contributed by atoms with Crippen molar-refractivity contribution in [2.75, 3.05) is 13.1 Å². The number of benzene rings is 1. The largest absolute Gasteiger partial charge is 0.444 e. The number of nitrogens with one attached hydrogen (secondary N) is 1. The van der Waals surface area contributed by atoms with E-state index in [9.17, 15) is 4.79 Å². The van der Waals surface area contributed by atoms with Crippen LogP contribution >= 0.6 is 11.3 Å². The minimum atomic E-state index is -0.456. The number of hydrogen-bond acceptors (Lipinski definition) is 5. The average Bonchev–Trinajstić information content (AvgIpc) is 3.10. The predicted octanol–water partition coefficient (Wildman–Crippen LogP) is 5.42. The van der Waals surface area contributed by atoms with Crippen molar-refractivity contribution in [3.8, 4) is 10.6 Å². The molecule has 0 aliphatic carbocycles. The highest BCUT2D eigenvalue weighted by Gasteiger charge is 2.24. The maximum Gasteiger partial charge on any atom is 0.407 e. The number of carbonyl (C=O) groups is 1. The van der Waals surface area contributed by atoms with Gasteiger partial charge in [-0.3, -0.25) is 4.90 Å². The smallest absolute Gasteiger partial charge is 0.407 e. The summed E-state index contributed by atoms with van der Waals surface area (Å²) in [5, 5.41) is 6.24. The molecule has 29 heavy (non-hydrogen) atoms. The monoisotopic (exact) mass is 415 g/mol. The zero-order valence-electron chi connectivity index (χ0n) is 18.2. The van der Waals surface area contributed by atoms with Crippen molar-refractivity contribution in [2.24, 2.45) is 0 Å². The SMILES string of the molecule is CC(C)c1ccc(-c2nc(CN3CCC(NC(=O)OC(C)(C)C)CC3)cs2)cc1. The second kappa shape index (κ2) is 9.26. The van der Waals surface area contributed by atoms with Gasteiger partial charge in [0.1, 0.15) is 10.6 Å². The van der Waals surface area contributed by atoms with Crippen LogP contribution in [0.4, 0.5) is 4.79 Å². The first-order valence-corrected chi connectivity index (χ1v) is 11.3. The van der Waals surface area contributed by atoms with Crippen LogP contribution in [0.25, 0.3) is 10.6 Å². The van der Waals surface area contributed by atoms with Crippen LogP contribution in [0.3, 0.4) is 0 Å². The minimum absolute atomic E-state index is 0.187. The Kier molecular flexibility index (Phi) is 6.96. The summed E-state index contributed by atoms with van der Waals surface area (Å²) in [4.78, 5) is 19.2. The maximum absolute atomic E-state index is 11.9. The van der Waals surface area contributed by atoms with Crippen LogP contribution in [-0.2, 0) is 11.3 Å². The van der Waals surface area contributed by atoms with Crippen LogP contribution < -0.4 is 5.32 Å². The van der Waals surface area contributed by atoms with E-state index in [1.807, 2.05) is 20.8 Å². The Balaban J connectivity index is 1.48. The van der Waals surface area contributed by atoms with Gasteiger partial charge < -0.3 is 10.1 Å². The van der Waals surface area contributed by atoms with E-state index in [-0.39, 0.29) is 12.1 Å². The molecule has 158 valence electrons. The Morgan fingerprint density at radius 1 is 1.24 bits per heavy atom. The lowest BCUT2D eigenvalue weighted by Crippen LogP contribution is -2.45. The fourth-order valence-corrected chi connectivity index (χ4v) is 4.28. The van der Waals surface area contributed by atoms with Crippen molar-refractivity contribution in [2.45, 2.75) is 71.6 Å². The molecule has 0 atom stereocenters. The van der Waals surface area contributed by atoms with E-state index in [0.717, 1.165) is 43.2 Å². The molecule has 1 aromatic heterocycles. The van der Waals surface area contributed by atoms with Gasteiger partial charge >= 0.3 is 6.09 Å². The van der Waals surface area contributed by atoms with E-state index in [1.165, 1.54) is 11.1 Å². The molecule has 0 radical (unpaired) electrons. The molecule has 1 saturated heterocycles. The minimum Gasteiger partial charge on any atom is -0.444 e. The van der Waals surface area contributed by atoms with Crippen LogP contribution in [0.15, 0.2) is 29.6 Å². The van der Waals surface area contributed by atoms with E-state index in [4.69, 9.17) is 9.72 Å². The van der Waals surface area contributed by atoms with Crippen LogP contribution in [0, 0.1) is 0 Å². The topological polar surface area (TPSA) is 54.5 Å². The molecule has 5 nitrogen and oxygen atoms in total. The summed E-state index contributed by atoms with van der Waals surface area (Å²) in [6.07, 6.45) is 1.56. The molecule has 1 N–H and O–H groups in total. The number of carbonyl (C=O) groups excluding carboxylic acids is 1. The number of piperidine rings is 1. The first-order valence-electron chi connectivity index (χ1n) is 10.5. The third kappa shape index (κ3) is 6.54. The van der Waals surface area contributed by atoms with Gasteiger partial charge in [-0.1, -0.05) is 38.1 Å². The number of nitrogens with zero attached hydrogens (tertiary/aromatic N) is 2. The molecular formula is C23H33N3O2S. The lowest BCUT2D eigenvalue weighted by molar-refractivity contribution is 0.0477. The van der Waals surface area contributed by atoms with E-state index in [0.29, 0.717) is 5.92 Å². The second-order valence-electron chi connectivity index (χ2n) is 9.12. The lowest BCUT2D eigenvalue weighted by Gasteiger charge is -2.32. The number of rotatable bonds is 5. The summed E-state index contributed by atoms with van der Waals surface area (Å²) in [7, 11) is 0. The molecule has 1 amide bonds. The van der Waals surface area contributed by atoms with Gasteiger partial charge in [0.15, 0.2) is 0 Å². The molecule has 2 heterocycles. The molecule has 1 aliphatic heterocycles. The first-order chi connectivity index (χ1) is 13.7. The van der Waals surface area contributed by atoms with Gasteiger partial charge in [-0.15, -0.1) is 11.3 Å². The van der Waals surface area contributed by atoms with Crippen molar-refractivity contribution in [3.63, 3.8) is 0 Å². The number of aromatic nitrogens is 1. The summed E-state index contributed by atoms with van der Waals surface area (Å²) in [6.45, 7) is 12.8. The molecule has 1 aliphatic rings. The van der Waals surface area contributed by atoms with Crippen LogP contribution in [0.5, 0.6) is 0 Å². The van der Waals surface area contributed by atoms with Gasteiger partial charge in [0, 0.05) is 36.6 Å². The summed E-state index contributed by atoms with van der Waals surface area (Å²) in [6, 6.07) is 8.93. The zero-order valence-corrected chi connectivity index (χ0v) is 19.0. The number of thiazole rings is 1. The molecule has 0 saturated carbocycles. The van der Waals surface area contributed by atoms with E-state index in [1.54, 1.807) is 11.3 Å². The number of likely N-dealkylation sites (tertiary alicyclic amines) is 1. The molecule has 0 bridgehead atoms. The highest BCUT2D eigenvalue weighted by molar-refractivity contribution is 7.13. The van der Waals surface area contributed by atoms with Crippen LogP contribution in [-0.4, -0.2) is 40.7 Å². The Bertz CT molecular complexity index is 800. The molecule has 0 spiro atoms. The molecule has 6 heteroatoms. The molecule has 1 aromatic carbocycles. The number of alkyl carbamates (subject to hydrolysis) is 1. The van der Waals surface area contributed by atoms with Gasteiger partial charge in [0.25, 0.3) is 0 Å². The third-order valence-electron chi connectivity index (χ3n) is 5.07. The summed E-state index contributed by atoms with van der Waals surface area (Å²) in [5.74, 6) is 0.545. The maximum atomic E-state index is 11.9. The Morgan fingerprint density at radius 2 is 1.90 bits per heavy atom. The standard InChI is InChI=1S/C23H33N3O2S/c1-16(2)17-6-8-18(9-7-17)21-24-20(15-29-21)14-26-12-10-19(11-13-26)25-22(27)28-23(3,4)5/h6-9,15-16,19H,10-14H2,1-5H3,(H,25,27). The predicted molar refractivity (Wildman–Crippen MR) is 119 cm³/mol. The number of ether oxygens (including phenoxy) is 1. The van der Waals surface area contributed by atoms with Gasteiger partial charge in [-0.2, -0.15) is 0 Å². The van der Waals surface area contributed by atoms with E-state index >= 15 is 0 Å². The highest BCUT2D eigenvalue weighted by Crippen LogP contribution is 2.26. The summed E-state index contributed by atoms with van der Waals surface area (Å²) in [5.41, 5.74) is 3.21. The quantitative estimate of drug-likeness (QED) is 0.708. The Hall–Kier alpha value is -1.92. The van der Waals surface area contributed by atoms with Crippen LogP contribution in [0.2, 0.25) is 0 Å². The van der Waals surface area contributed by atoms with Crippen molar-refractivity contribution >= 4 is 17.4 Å². The van der Waals surface area contributed by atoms with Crippen molar-refractivity contribution in [3.05, 3.63) is 40.9 Å². The lowest BCUT2D eigenvalue weighted by atomic mass is 10.0. The van der Waals surface area contributed by atoms with Crippen molar-refractivity contribution < 1.29 is 9.53 Å². The third-order valence-corrected chi connectivity index (χ3v) is 6.01. The molecule has 0 unspecified atom stereocenters. The van der Waals surface area contributed by atoms with E-state index < -0.39 is 5.60 Å². The van der Waals surface area contributed by atoms with Crippen molar-refractivity contribution in [1.29, 1.82) is 0 Å². The second-order valence-corrected chi connectivity index (χ2v) is 9.98. The number of amides is 1. The summed E-state index contributed by atoms with van der Waals surface area (Å²) >= 11 is 1.71. The first kappa shape index (κ1) is 21.8. The fourth-order valence-electron chi connectivity index (χ4n) is 3.46. The molecule has 3 rings (SSSR count). The van der Waals surface area contributed by atoms with Crippen molar-refractivity contribution in [1.82, 2.24) is 15.2 Å². The fraction of sp³-hybridized carbons (Fsp3) is 0.565. The highest BCUT2D eigenvalue weighted by atomic mass is 32.1. The average molecular weight is 416 g/mol. The van der Waals surface area contributed by atoms with Crippen LogP contribution in [0.1, 0.15) is 64.6 Å². The Morgan fingerprint density at radius 3 is 2.48 bits per heavy atom. The molecule has 2 aromatic rings. The Labute approximate surface area is 178 Å². The van der Waals surface area contributed by atoms with Gasteiger partial charge in [0.2, 0.25) is 0 Å².